The molecule has 0 spiro atoms. The fourth-order valence-electron chi connectivity index (χ4n) is 3.65. The molecule has 3 heterocycles. The van der Waals surface area contributed by atoms with Crippen LogP contribution in [0.4, 0.5) is 5.69 Å². The number of anilines is 1. The lowest BCUT2D eigenvalue weighted by Crippen LogP contribution is -2.13. The van der Waals surface area contributed by atoms with E-state index in [0.29, 0.717) is 34.5 Å². The fourth-order valence-corrected chi connectivity index (χ4v) is 4.88. The molecular weight excluding hydrogens is 464 g/mol. The summed E-state index contributed by atoms with van der Waals surface area (Å²) in [6, 6.07) is 17.0. The molecule has 0 radical (unpaired) electrons. The number of nitrogens with one attached hydrogen (secondary N) is 1. The molecule has 176 valence electrons. The maximum Gasteiger partial charge on any atom is 0.264 e. The largest absolute Gasteiger partial charge is 0.439 e. The van der Waals surface area contributed by atoms with Gasteiger partial charge in [-0.2, -0.15) is 4.98 Å². The Hall–Kier alpha value is -4.31. The highest BCUT2D eigenvalue weighted by atomic mass is 32.2. The normalized spacial score (nSPS) is 11.5. The fraction of sp³-hybridized carbons (Fsp3) is 0.120. The second-order valence-electron chi connectivity index (χ2n) is 7.96. The quantitative estimate of drug-likeness (QED) is 0.369. The lowest BCUT2D eigenvalue weighted by atomic mass is 10.2. The van der Waals surface area contributed by atoms with Gasteiger partial charge in [0, 0.05) is 29.0 Å². The van der Waals surface area contributed by atoms with Gasteiger partial charge in [0.1, 0.15) is 28.6 Å². The van der Waals surface area contributed by atoms with E-state index >= 15 is 0 Å². The van der Waals surface area contributed by atoms with E-state index in [2.05, 4.69) is 24.7 Å². The van der Waals surface area contributed by atoms with E-state index in [1.54, 1.807) is 61.9 Å². The van der Waals surface area contributed by atoms with Crippen LogP contribution in [0.15, 0.2) is 78.1 Å². The van der Waals surface area contributed by atoms with Gasteiger partial charge in [-0.1, -0.05) is 18.2 Å². The van der Waals surface area contributed by atoms with Crippen LogP contribution in [0.2, 0.25) is 0 Å². The molecule has 2 aromatic carbocycles. The highest BCUT2D eigenvalue weighted by Crippen LogP contribution is 2.26. The van der Waals surface area contributed by atoms with Gasteiger partial charge in [-0.3, -0.25) is 14.3 Å². The molecule has 0 saturated carbocycles. The maximum absolute atomic E-state index is 13.0. The van der Waals surface area contributed by atoms with E-state index in [1.165, 1.54) is 6.07 Å². The third-order valence-corrected chi connectivity index (χ3v) is 6.93. The summed E-state index contributed by atoms with van der Waals surface area (Å²) in [6.45, 7) is 5.69. The smallest absolute Gasteiger partial charge is 0.264 e. The Morgan fingerprint density at radius 3 is 2.43 bits per heavy atom. The van der Waals surface area contributed by atoms with Crippen LogP contribution < -0.4 is 9.46 Å². The molecule has 5 rings (SSSR count). The minimum Gasteiger partial charge on any atom is -0.439 e. The Kier molecular flexibility index (Phi) is 5.65. The molecular formula is C25H22N6O3S. The van der Waals surface area contributed by atoms with Crippen LogP contribution in [0, 0.1) is 20.8 Å². The summed E-state index contributed by atoms with van der Waals surface area (Å²) in [6.07, 6.45) is 3.28. The van der Waals surface area contributed by atoms with Crippen LogP contribution >= 0.6 is 0 Å². The Morgan fingerprint density at radius 2 is 1.69 bits per heavy atom. The Morgan fingerprint density at radius 1 is 0.914 bits per heavy atom. The predicted molar refractivity (Wildman–Crippen MR) is 132 cm³/mol. The number of hydrogen-bond donors (Lipinski definition) is 1. The minimum atomic E-state index is -3.84. The number of benzene rings is 2. The van der Waals surface area contributed by atoms with Crippen molar-refractivity contribution in [3.8, 4) is 17.4 Å². The Balaban J connectivity index is 1.37. The first-order valence-corrected chi connectivity index (χ1v) is 12.3. The molecule has 0 aliphatic rings. The second kappa shape index (κ2) is 8.80. The van der Waals surface area contributed by atoms with Crippen molar-refractivity contribution in [2.45, 2.75) is 25.7 Å². The van der Waals surface area contributed by atoms with E-state index in [4.69, 9.17) is 4.74 Å². The van der Waals surface area contributed by atoms with Crippen molar-refractivity contribution in [2.24, 2.45) is 0 Å². The molecule has 0 amide bonds. The van der Waals surface area contributed by atoms with Gasteiger partial charge in [-0.05, 0) is 57.2 Å². The number of sulfonamides is 1. The number of aryl methyl sites for hydroxylation is 2. The van der Waals surface area contributed by atoms with Crippen molar-refractivity contribution in [2.75, 3.05) is 4.72 Å². The zero-order valence-corrected chi connectivity index (χ0v) is 20.1. The summed E-state index contributed by atoms with van der Waals surface area (Å²) in [5.41, 5.74) is 2.71. The van der Waals surface area contributed by atoms with Gasteiger partial charge in [0.05, 0.1) is 11.2 Å². The number of aromatic nitrogens is 5. The maximum atomic E-state index is 13.0. The summed E-state index contributed by atoms with van der Waals surface area (Å²) in [5.74, 6) is 2.07. The van der Waals surface area contributed by atoms with Gasteiger partial charge < -0.3 is 4.74 Å². The van der Waals surface area contributed by atoms with Crippen LogP contribution in [-0.2, 0) is 10.0 Å². The molecule has 5 aromatic rings. The van der Waals surface area contributed by atoms with Crippen molar-refractivity contribution >= 4 is 26.6 Å². The average molecular weight is 487 g/mol. The monoisotopic (exact) mass is 486 g/mol. The molecule has 35 heavy (non-hydrogen) atoms. The third-order valence-electron chi connectivity index (χ3n) is 5.51. The number of pyridine rings is 1. The van der Waals surface area contributed by atoms with Gasteiger partial charge in [0.15, 0.2) is 0 Å². The molecule has 0 unspecified atom stereocenters. The van der Waals surface area contributed by atoms with E-state index in [1.807, 2.05) is 30.5 Å². The lowest BCUT2D eigenvalue weighted by molar-refractivity contribution is 0.459. The topological polar surface area (TPSA) is 112 Å². The summed E-state index contributed by atoms with van der Waals surface area (Å²) < 4.78 is 36.4. The number of fused-ring (bicyclic) bond motifs is 1. The SMILES string of the molecule is Cc1nc(Oc2ccc(NS(=O)(=O)c3cccc4cccnc34)cc2)cc(-n2cnc(C)c2C)n1. The number of ether oxygens (including phenoxy) is 1. The number of hydrogen-bond acceptors (Lipinski definition) is 7. The van der Waals surface area contributed by atoms with Crippen molar-refractivity contribution in [1.29, 1.82) is 0 Å². The average Bonchev–Trinajstić information content (AvgIpc) is 3.17. The van der Waals surface area contributed by atoms with E-state index in [9.17, 15) is 8.42 Å². The van der Waals surface area contributed by atoms with Gasteiger partial charge in [-0.15, -0.1) is 0 Å². The van der Waals surface area contributed by atoms with Crippen LogP contribution in [0.1, 0.15) is 17.2 Å². The first-order chi connectivity index (χ1) is 16.8. The molecule has 0 fully saturated rings. The first-order valence-electron chi connectivity index (χ1n) is 10.8. The van der Waals surface area contributed by atoms with Crippen molar-refractivity contribution in [3.05, 3.63) is 90.4 Å². The number of para-hydroxylation sites is 1. The zero-order chi connectivity index (χ0) is 24.6. The van der Waals surface area contributed by atoms with Crippen molar-refractivity contribution in [1.82, 2.24) is 24.5 Å². The minimum absolute atomic E-state index is 0.116. The Bertz CT molecular complexity index is 1640. The van der Waals surface area contributed by atoms with Crippen LogP contribution in [-0.4, -0.2) is 32.9 Å². The van der Waals surface area contributed by atoms with E-state index in [0.717, 1.165) is 16.8 Å². The molecule has 0 aliphatic heterocycles. The highest BCUT2D eigenvalue weighted by molar-refractivity contribution is 7.93. The second-order valence-corrected chi connectivity index (χ2v) is 9.61. The Labute approximate surface area is 202 Å². The molecule has 0 aliphatic carbocycles. The van der Waals surface area contributed by atoms with Crippen LogP contribution in [0.5, 0.6) is 11.6 Å². The molecule has 3 aromatic heterocycles. The van der Waals surface area contributed by atoms with E-state index in [-0.39, 0.29) is 4.90 Å². The molecule has 0 atom stereocenters. The molecule has 9 nitrogen and oxygen atoms in total. The molecule has 0 bridgehead atoms. The molecule has 1 N–H and O–H groups in total. The standard InChI is InChI=1S/C25H22N6O3S/c1-16-17(2)31(15-27-16)23-14-24(29-18(3)28-23)34-21-11-9-20(10-12-21)30-35(32,33)22-8-4-6-19-7-5-13-26-25(19)22/h4-15,30H,1-3H3. The van der Waals surface area contributed by atoms with Crippen LogP contribution in [0.25, 0.3) is 16.7 Å². The zero-order valence-electron chi connectivity index (χ0n) is 19.3. The molecule has 10 heteroatoms. The summed E-state index contributed by atoms with van der Waals surface area (Å²) in [7, 11) is -3.84. The van der Waals surface area contributed by atoms with Crippen molar-refractivity contribution in [3.63, 3.8) is 0 Å². The van der Waals surface area contributed by atoms with Gasteiger partial charge in [-0.25, -0.2) is 18.4 Å². The summed E-state index contributed by atoms with van der Waals surface area (Å²) >= 11 is 0. The third kappa shape index (κ3) is 4.56. The van der Waals surface area contributed by atoms with Crippen LogP contribution in [0.3, 0.4) is 0 Å². The summed E-state index contributed by atoms with van der Waals surface area (Å²) in [5, 5.41) is 0.750. The highest BCUT2D eigenvalue weighted by Gasteiger charge is 2.18. The summed E-state index contributed by atoms with van der Waals surface area (Å²) in [4.78, 5) is 17.5. The number of rotatable bonds is 6. The number of nitrogens with zero attached hydrogens (tertiary/aromatic N) is 5. The first kappa shape index (κ1) is 22.5. The number of imidazole rings is 1. The van der Waals surface area contributed by atoms with E-state index < -0.39 is 10.0 Å². The predicted octanol–water partition coefficient (Wildman–Crippen LogP) is 4.73. The van der Waals surface area contributed by atoms with Crippen molar-refractivity contribution < 1.29 is 13.2 Å². The lowest BCUT2D eigenvalue weighted by Gasteiger charge is -2.12. The van der Waals surface area contributed by atoms with Gasteiger partial charge >= 0.3 is 0 Å². The van der Waals surface area contributed by atoms with Gasteiger partial charge in [0.25, 0.3) is 10.0 Å². The molecule has 0 saturated heterocycles. The van der Waals surface area contributed by atoms with Gasteiger partial charge in [0.2, 0.25) is 5.88 Å².